The number of nitrogens with zero attached hydrogens (tertiary/aromatic N) is 4. The van der Waals surface area contributed by atoms with Gasteiger partial charge in [0.2, 0.25) is 5.91 Å². The number of amides is 2. The number of hydrogen-bond acceptors (Lipinski definition) is 7. The molecule has 0 spiro atoms. The predicted octanol–water partition coefficient (Wildman–Crippen LogP) is 4.15. The molecule has 1 aliphatic rings. The number of para-hydroxylation sites is 1. The lowest BCUT2D eigenvalue weighted by Crippen LogP contribution is -2.36. The maximum atomic E-state index is 12.8. The van der Waals surface area contributed by atoms with Gasteiger partial charge in [0, 0.05) is 30.2 Å². The van der Waals surface area contributed by atoms with Gasteiger partial charge in [-0.1, -0.05) is 25.1 Å². The third kappa shape index (κ3) is 5.63. The van der Waals surface area contributed by atoms with Gasteiger partial charge in [-0.2, -0.15) is 5.26 Å². The lowest BCUT2D eigenvalue weighted by atomic mass is 9.96. The summed E-state index contributed by atoms with van der Waals surface area (Å²) in [6.45, 7) is 3.56. The van der Waals surface area contributed by atoms with E-state index in [1.165, 1.54) is 11.3 Å². The largest absolute Gasteiger partial charge is 0.496 e. The highest BCUT2D eigenvalue weighted by atomic mass is 32.1. The second-order valence-electron chi connectivity index (χ2n) is 8.30. The zero-order chi connectivity index (χ0) is 24.8. The summed E-state index contributed by atoms with van der Waals surface area (Å²) in [5, 5.41) is 13.2. The van der Waals surface area contributed by atoms with Crippen LogP contribution < -0.4 is 10.1 Å². The number of imidazole rings is 1. The molecule has 1 aliphatic heterocycles. The van der Waals surface area contributed by atoms with Gasteiger partial charge in [0.1, 0.15) is 23.4 Å². The molecule has 0 fully saturated rings. The summed E-state index contributed by atoms with van der Waals surface area (Å²) in [5.74, 6) is 0.516. The average molecular weight is 494 g/mol. The van der Waals surface area contributed by atoms with Crippen LogP contribution in [0.4, 0.5) is 9.80 Å². The SMILES string of the molecule is COc1ccccc1[C@@H](C)CC(=O)Nc1sc2c(c1C#N)CCN(C(=O)OCCn1ccnc1)C2. The van der Waals surface area contributed by atoms with Gasteiger partial charge < -0.3 is 24.3 Å². The van der Waals surface area contributed by atoms with Crippen molar-refractivity contribution in [2.75, 3.05) is 25.6 Å². The fourth-order valence-corrected chi connectivity index (χ4v) is 5.38. The first-order valence-corrected chi connectivity index (χ1v) is 12.2. The topological polar surface area (TPSA) is 109 Å². The van der Waals surface area contributed by atoms with E-state index in [0.29, 0.717) is 36.6 Å². The van der Waals surface area contributed by atoms with Crippen molar-refractivity contribution in [3.63, 3.8) is 0 Å². The molecule has 1 atom stereocenters. The Balaban J connectivity index is 1.37. The molecule has 0 radical (unpaired) electrons. The monoisotopic (exact) mass is 493 g/mol. The minimum absolute atomic E-state index is 0.0566. The Morgan fingerprint density at radius 1 is 1.34 bits per heavy atom. The highest BCUT2D eigenvalue weighted by molar-refractivity contribution is 7.16. The summed E-state index contributed by atoms with van der Waals surface area (Å²) in [6.07, 6.45) is 5.56. The maximum Gasteiger partial charge on any atom is 0.410 e. The molecule has 0 saturated heterocycles. The third-order valence-electron chi connectivity index (χ3n) is 5.98. The molecule has 182 valence electrons. The number of carbonyl (C=O) groups is 2. The zero-order valence-electron chi connectivity index (χ0n) is 19.7. The van der Waals surface area contributed by atoms with E-state index < -0.39 is 0 Å². The van der Waals surface area contributed by atoms with Gasteiger partial charge >= 0.3 is 6.09 Å². The molecule has 2 aromatic heterocycles. The molecule has 2 amide bonds. The number of hydrogen-bond donors (Lipinski definition) is 1. The fraction of sp³-hybridized carbons (Fsp3) is 0.360. The number of nitriles is 1. The molecule has 35 heavy (non-hydrogen) atoms. The predicted molar refractivity (Wildman–Crippen MR) is 131 cm³/mol. The van der Waals surface area contributed by atoms with Gasteiger partial charge in [0.05, 0.1) is 32.1 Å². The first-order chi connectivity index (χ1) is 17.0. The lowest BCUT2D eigenvalue weighted by molar-refractivity contribution is -0.116. The van der Waals surface area contributed by atoms with Crippen LogP contribution in [0.3, 0.4) is 0 Å². The maximum absolute atomic E-state index is 12.8. The Bertz CT molecular complexity index is 1230. The second kappa shape index (κ2) is 11.1. The summed E-state index contributed by atoms with van der Waals surface area (Å²) >= 11 is 1.35. The van der Waals surface area contributed by atoms with E-state index in [1.54, 1.807) is 24.5 Å². The molecular formula is C25H27N5O4S. The van der Waals surface area contributed by atoms with Gasteiger partial charge in [0.25, 0.3) is 0 Å². The van der Waals surface area contributed by atoms with Crippen LogP contribution in [0.25, 0.3) is 0 Å². The molecule has 0 unspecified atom stereocenters. The minimum Gasteiger partial charge on any atom is -0.496 e. The van der Waals surface area contributed by atoms with Crippen LogP contribution in [0.15, 0.2) is 43.0 Å². The molecule has 10 heteroatoms. The van der Waals surface area contributed by atoms with Gasteiger partial charge in [-0.25, -0.2) is 9.78 Å². The van der Waals surface area contributed by atoms with Gasteiger partial charge in [-0.3, -0.25) is 4.79 Å². The van der Waals surface area contributed by atoms with Crippen molar-refractivity contribution in [2.45, 2.75) is 38.8 Å². The van der Waals surface area contributed by atoms with E-state index in [4.69, 9.17) is 9.47 Å². The molecule has 3 aromatic rings. The van der Waals surface area contributed by atoms with Crippen LogP contribution in [0, 0.1) is 11.3 Å². The number of nitrogens with one attached hydrogen (secondary N) is 1. The summed E-state index contributed by atoms with van der Waals surface area (Å²) in [5.41, 5.74) is 2.34. The number of anilines is 1. The molecule has 0 bridgehead atoms. The van der Waals surface area contributed by atoms with Crippen LogP contribution in [-0.4, -0.2) is 46.7 Å². The highest BCUT2D eigenvalue weighted by Crippen LogP contribution is 2.37. The number of carbonyl (C=O) groups excluding carboxylic acids is 2. The van der Waals surface area contributed by atoms with Crippen LogP contribution in [-0.2, 0) is 29.0 Å². The third-order valence-corrected chi connectivity index (χ3v) is 7.11. The molecular weight excluding hydrogens is 466 g/mol. The van der Waals surface area contributed by atoms with Crippen molar-refractivity contribution in [3.05, 3.63) is 64.6 Å². The van der Waals surface area contributed by atoms with Crippen molar-refractivity contribution in [3.8, 4) is 11.8 Å². The van der Waals surface area contributed by atoms with Crippen LogP contribution in [0.2, 0.25) is 0 Å². The first-order valence-electron chi connectivity index (χ1n) is 11.3. The summed E-state index contributed by atoms with van der Waals surface area (Å²) in [7, 11) is 1.61. The summed E-state index contributed by atoms with van der Waals surface area (Å²) in [6, 6.07) is 9.87. The number of methoxy groups -OCH3 is 1. The van der Waals surface area contributed by atoms with Crippen LogP contribution >= 0.6 is 11.3 Å². The van der Waals surface area contributed by atoms with Crippen LogP contribution in [0.5, 0.6) is 5.75 Å². The Hall–Kier alpha value is -3.84. The quantitative estimate of drug-likeness (QED) is 0.505. The van der Waals surface area contributed by atoms with E-state index in [0.717, 1.165) is 21.8 Å². The van der Waals surface area contributed by atoms with Crippen molar-refractivity contribution < 1.29 is 19.1 Å². The average Bonchev–Trinajstić information content (AvgIpc) is 3.50. The van der Waals surface area contributed by atoms with Gasteiger partial charge in [0.15, 0.2) is 0 Å². The first kappa shape index (κ1) is 24.3. The number of ether oxygens (including phenoxy) is 2. The van der Waals surface area contributed by atoms with Crippen molar-refractivity contribution in [2.24, 2.45) is 0 Å². The van der Waals surface area contributed by atoms with E-state index in [1.807, 2.05) is 42.0 Å². The van der Waals surface area contributed by atoms with Crippen molar-refractivity contribution in [1.82, 2.24) is 14.5 Å². The molecule has 9 nitrogen and oxygen atoms in total. The Morgan fingerprint density at radius 3 is 2.91 bits per heavy atom. The smallest absolute Gasteiger partial charge is 0.410 e. The van der Waals surface area contributed by atoms with E-state index in [2.05, 4.69) is 16.4 Å². The molecule has 0 aliphatic carbocycles. The standard InChI is InChI=1S/C25H27N5O4S/c1-17(18-5-3-4-6-21(18)33-2)13-23(31)28-24-20(14-26)19-7-9-30(15-22(19)35-24)25(32)34-12-11-29-10-8-27-16-29/h3-6,8,10,16-17H,7,9,11-13,15H2,1-2H3,(H,28,31)/t17-/m0/s1. The molecule has 1 N–H and O–H groups in total. The normalized spacial score (nSPS) is 13.5. The van der Waals surface area contributed by atoms with Crippen molar-refractivity contribution in [1.29, 1.82) is 5.26 Å². The summed E-state index contributed by atoms with van der Waals surface area (Å²) in [4.78, 5) is 31.8. The Morgan fingerprint density at radius 2 is 2.17 bits per heavy atom. The van der Waals surface area contributed by atoms with Gasteiger partial charge in [-0.15, -0.1) is 11.3 Å². The van der Waals surface area contributed by atoms with E-state index >= 15 is 0 Å². The lowest BCUT2D eigenvalue weighted by Gasteiger charge is -2.26. The number of benzene rings is 1. The Labute approximate surface area is 207 Å². The van der Waals surface area contributed by atoms with Crippen molar-refractivity contribution >= 4 is 28.3 Å². The van der Waals surface area contributed by atoms with Crippen LogP contribution in [0.1, 0.15) is 40.8 Å². The molecule has 0 saturated carbocycles. The van der Waals surface area contributed by atoms with E-state index in [-0.39, 0.29) is 30.9 Å². The number of aromatic nitrogens is 2. The molecule has 3 heterocycles. The number of fused-ring (bicyclic) bond motifs is 1. The zero-order valence-corrected chi connectivity index (χ0v) is 20.5. The number of rotatable bonds is 8. The van der Waals surface area contributed by atoms with E-state index in [9.17, 15) is 14.9 Å². The second-order valence-corrected chi connectivity index (χ2v) is 9.41. The van der Waals surface area contributed by atoms with Gasteiger partial charge in [-0.05, 0) is 29.5 Å². The summed E-state index contributed by atoms with van der Waals surface area (Å²) < 4.78 is 12.6. The minimum atomic E-state index is -0.390. The molecule has 4 rings (SSSR count). The molecule has 1 aromatic carbocycles. The number of thiophene rings is 1. The Kier molecular flexibility index (Phi) is 7.67. The fourth-order valence-electron chi connectivity index (χ4n) is 4.15. The highest BCUT2D eigenvalue weighted by Gasteiger charge is 2.28.